The van der Waals surface area contributed by atoms with E-state index in [-0.39, 0.29) is 11.1 Å². The zero-order valence-corrected chi connectivity index (χ0v) is 20.7. The number of thiazole rings is 2. The van der Waals surface area contributed by atoms with Crippen molar-refractivity contribution in [2.24, 2.45) is 0 Å². The number of piperidine rings is 1. The van der Waals surface area contributed by atoms with Gasteiger partial charge in [-0.2, -0.15) is 0 Å². The highest BCUT2D eigenvalue weighted by Gasteiger charge is 2.40. The Morgan fingerprint density at radius 2 is 1.87 bits per heavy atom. The van der Waals surface area contributed by atoms with E-state index in [1.807, 2.05) is 13.1 Å². The number of nitrogens with zero attached hydrogens (tertiary/aromatic N) is 3. The Labute approximate surface area is 192 Å². The molecule has 0 aliphatic carbocycles. The molecule has 0 radical (unpaired) electrons. The molecule has 2 aliphatic rings. The average molecular weight is 455 g/mol. The maximum atomic E-state index is 6.12. The van der Waals surface area contributed by atoms with Crippen LogP contribution in [0.3, 0.4) is 0 Å². The summed E-state index contributed by atoms with van der Waals surface area (Å²) in [5, 5.41) is 5.95. The van der Waals surface area contributed by atoms with Crippen LogP contribution in [0.2, 0.25) is 0 Å². The maximum Gasteiger partial charge on any atom is 0.186 e. The summed E-state index contributed by atoms with van der Waals surface area (Å²) in [5.41, 5.74) is 3.58. The third-order valence-electron chi connectivity index (χ3n) is 6.20. The Morgan fingerprint density at radius 3 is 2.55 bits per heavy atom. The number of aromatic nitrogens is 2. The standard InChI is InChI=1S/C24H30N4OS2/c1-14-25-12-20(30-14)15-7-8-17-19(9-15)29-13-18-21(17)31-22(26-18)28(6)16-10-23(2,3)27-24(4,5)11-16/h7-9,12,16,27H,10-11,13H2,1-6H3. The van der Waals surface area contributed by atoms with E-state index >= 15 is 0 Å². The molecule has 0 saturated carbocycles. The van der Waals surface area contributed by atoms with Crippen molar-refractivity contribution >= 4 is 27.8 Å². The molecule has 0 bridgehead atoms. The van der Waals surface area contributed by atoms with Gasteiger partial charge in [-0.3, -0.25) is 0 Å². The van der Waals surface area contributed by atoms with Crippen molar-refractivity contribution in [3.05, 3.63) is 35.1 Å². The van der Waals surface area contributed by atoms with Gasteiger partial charge in [-0.1, -0.05) is 17.4 Å². The van der Waals surface area contributed by atoms with Crippen LogP contribution >= 0.6 is 22.7 Å². The van der Waals surface area contributed by atoms with Gasteiger partial charge in [0.25, 0.3) is 0 Å². The van der Waals surface area contributed by atoms with Gasteiger partial charge in [0, 0.05) is 35.9 Å². The molecule has 1 aromatic carbocycles. The summed E-state index contributed by atoms with van der Waals surface area (Å²) in [4.78, 5) is 14.2. The first-order valence-electron chi connectivity index (χ1n) is 10.8. The molecule has 5 nitrogen and oxygen atoms in total. The van der Waals surface area contributed by atoms with Crippen LogP contribution in [0.5, 0.6) is 5.75 Å². The lowest BCUT2D eigenvalue weighted by molar-refractivity contribution is 0.161. The van der Waals surface area contributed by atoms with E-state index in [0.717, 1.165) is 45.6 Å². The lowest BCUT2D eigenvalue weighted by atomic mass is 9.79. The van der Waals surface area contributed by atoms with Crippen molar-refractivity contribution in [3.8, 4) is 26.6 Å². The van der Waals surface area contributed by atoms with Crippen molar-refractivity contribution in [1.82, 2.24) is 15.3 Å². The number of benzene rings is 1. The van der Waals surface area contributed by atoms with Crippen molar-refractivity contribution in [2.75, 3.05) is 11.9 Å². The number of hydrogen-bond donors (Lipinski definition) is 1. The van der Waals surface area contributed by atoms with Crippen LogP contribution in [0.25, 0.3) is 20.9 Å². The first-order chi connectivity index (χ1) is 14.6. The molecule has 5 rings (SSSR count). The molecule has 31 heavy (non-hydrogen) atoms. The number of anilines is 1. The second-order valence-corrected chi connectivity index (χ2v) is 12.3. The molecule has 1 N–H and O–H groups in total. The van der Waals surface area contributed by atoms with Gasteiger partial charge in [-0.15, -0.1) is 11.3 Å². The molecule has 7 heteroatoms. The van der Waals surface area contributed by atoms with Crippen LogP contribution < -0.4 is 15.0 Å². The molecule has 4 heterocycles. The van der Waals surface area contributed by atoms with Crippen LogP contribution in [-0.2, 0) is 6.61 Å². The summed E-state index contributed by atoms with van der Waals surface area (Å²) >= 11 is 3.50. The second-order valence-electron chi connectivity index (χ2n) is 10.1. The monoisotopic (exact) mass is 454 g/mol. The third-order valence-corrected chi connectivity index (χ3v) is 8.38. The van der Waals surface area contributed by atoms with E-state index in [1.54, 1.807) is 22.7 Å². The normalized spacial score (nSPS) is 19.4. The van der Waals surface area contributed by atoms with Gasteiger partial charge in [0.05, 0.1) is 20.5 Å². The Hall–Kier alpha value is -1.96. The Kier molecular flexibility index (Phi) is 4.92. The van der Waals surface area contributed by atoms with Gasteiger partial charge in [-0.25, -0.2) is 9.97 Å². The van der Waals surface area contributed by atoms with Gasteiger partial charge in [0.2, 0.25) is 0 Å². The summed E-state index contributed by atoms with van der Waals surface area (Å²) in [6, 6.07) is 6.95. The molecule has 1 saturated heterocycles. The quantitative estimate of drug-likeness (QED) is 0.535. The molecule has 0 atom stereocenters. The molecule has 1 fully saturated rings. The number of hydrogen-bond acceptors (Lipinski definition) is 7. The van der Waals surface area contributed by atoms with E-state index in [9.17, 15) is 0 Å². The van der Waals surface area contributed by atoms with Gasteiger partial charge in [0.15, 0.2) is 5.13 Å². The van der Waals surface area contributed by atoms with Gasteiger partial charge >= 0.3 is 0 Å². The first-order valence-corrected chi connectivity index (χ1v) is 12.5. The van der Waals surface area contributed by atoms with Crippen LogP contribution in [0.15, 0.2) is 24.4 Å². The van der Waals surface area contributed by atoms with Crippen LogP contribution in [-0.4, -0.2) is 34.1 Å². The third kappa shape index (κ3) is 3.99. The summed E-state index contributed by atoms with van der Waals surface area (Å²) in [5.74, 6) is 0.943. The molecule has 0 unspecified atom stereocenters. The molecule has 164 valence electrons. The smallest absolute Gasteiger partial charge is 0.186 e. The fourth-order valence-corrected chi connectivity index (χ4v) is 7.03. The number of ether oxygens (including phenoxy) is 1. The van der Waals surface area contributed by atoms with Crippen molar-refractivity contribution in [1.29, 1.82) is 0 Å². The minimum absolute atomic E-state index is 0.110. The predicted octanol–water partition coefficient (Wildman–Crippen LogP) is 5.88. The summed E-state index contributed by atoms with van der Waals surface area (Å²) in [6.45, 7) is 11.8. The van der Waals surface area contributed by atoms with Crippen LogP contribution in [0.1, 0.15) is 51.2 Å². The summed E-state index contributed by atoms with van der Waals surface area (Å²) in [7, 11) is 2.20. The second kappa shape index (κ2) is 7.29. The van der Waals surface area contributed by atoms with Crippen molar-refractivity contribution < 1.29 is 4.74 Å². The molecular weight excluding hydrogens is 424 g/mol. The number of aryl methyl sites for hydroxylation is 1. The fraction of sp³-hybridized carbons (Fsp3) is 0.500. The van der Waals surface area contributed by atoms with E-state index in [2.05, 4.69) is 68.1 Å². The number of rotatable bonds is 3. The number of nitrogens with one attached hydrogen (secondary N) is 1. The highest BCUT2D eigenvalue weighted by molar-refractivity contribution is 7.19. The minimum atomic E-state index is 0.110. The lowest BCUT2D eigenvalue weighted by Gasteiger charge is -2.48. The van der Waals surface area contributed by atoms with Gasteiger partial charge in [-0.05, 0) is 65.2 Å². The van der Waals surface area contributed by atoms with Crippen molar-refractivity contribution in [3.63, 3.8) is 0 Å². The number of fused-ring (bicyclic) bond motifs is 3. The van der Waals surface area contributed by atoms with E-state index in [1.165, 1.54) is 9.75 Å². The van der Waals surface area contributed by atoms with Gasteiger partial charge < -0.3 is 15.0 Å². The molecule has 2 aliphatic heterocycles. The predicted molar refractivity (Wildman–Crippen MR) is 130 cm³/mol. The Morgan fingerprint density at radius 1 is 1.13 bits per heavy atom. The van der Waals surface area contributed by atoms with E-state index in [0.29, 0.717) is 12.6 Å². The maximum absolute atomic E-state index is 6.12. The van der Waals surface area contributed by atoms with E-state index < -0.39 is 0 Å². The molecule has 2 aromatic heterocycles. The summed E-state index contributed by atoms with van der Waals surface area (Å²) in [6.07, 6.45) is 4.14. The SMILES string of the molecule is Cc1ncc(-c2ccc3c(c2)OCc2nc(N(C)C4CC(C)(C)NC(C)(C)C4)sc2-3)s1. The highest BCUT2D eigenvalue weighted by Crippen LogP contribution is 2.46. The molecule has 0 spiro atoms. The van der Waals surface area contributed by atoms with Crippen molar-refractivity contribution in [2.45, 2.75) is 71.2 Å². The Bertz CT molecular complexity index is 1110. The zero-order chi connectivity index (χ0) is 22.0. The van der Waals surface area contributed by atoms with Crippen LogP contribution in [0.4, 0.5) is 5.13 Å². The van der Waals surface area contributed by atoms with Gasteiger partial charge in [0.1, 0.15) is 12.4 Å². The lowest BCUT2D eigenvalue weighted by Crippen LogP contribution is -2.61. The highest BCUT2D eigenvalue weighted by atomic mass is 32.1. The summed E-state index contributed by atoms with van der Waals surface area (Å²) < 4.78 is 6.12. The molecular formula is C24H30N4OS2. The first kappa shape index (κ1) is 20.9. The fourth-order valence-electron chi connectivity index (χ4n) is 5.12. The van der Waals surface area contributed by atoms with E-state index in [4.69, 9.17) is 9.72 Å². The zero-order valence-electron chi connectivity index (χ0n) is 19.1. The average Bonchev–Trinajstić information content (AvgIpc) is 3.30. The Balaban J connectivity index is 1.44. The topological polar surface area (TPSA) is 50.3 Å². The minimum Gasteiger partial charge on any atom is -0.487 e. The van der Waals surface area contributed by atoms with Crippen LogP contribution in [0, 0.1) is 6.92 Å². The largest absolute Gasteiger partial charge is 0.487 e. The molecule has 0 amide bonds. The molecule has 3 aromatic rings.